The van der Waals surface area contributed by atoms with Crippen LogP contribution in [-0.2, 0) is 11.3 Å². The summed E-state index contributed by atoms with van der Waals surface area (Å²) in [6.45, 7) is 0.168. The smallest absolute Gasteiger partial charge is 0.339 e. The average Bonchev–Trinajstić information content (AvgIpc) is 2.66. The van der Waals surface area contributed by atoms with E-state index in [1.165, 1.54) is 0 Å². The maximum Gasteiger partial charge on any atom is 0.339 e. The number of hydrogen-bond acceptors (Lipinski definition) is 3. The highest BCUT2D eigenvalue weighted by Gasteiger charge is 2.16. The molecule has 1 N–H and O–H groups in total. The largest absolute Gasteiger partial charge is 0.457 e. The summed E-state index contributed by atoms with van der Waals surface area (Å²) in [5.74, 6) is -0.504. The summed E-state index contributed by atoms with van der Waals surface area (Å²) >= 11 is 0. The van der Waals surface area contributed by atoms with Gasteiger partial charge in [0, 0.05) is 10.9 Å². The number of esters is 1. The Hall–Kier alpha value is -3.40. The molecule has 0 spiro atoms. The molecule has 4 aromatic rings. The molecule has 0 saturated carbocycles. The molecule has 0 unspecified atom stereocenters. The predicted octanol–water partition coefficient (Wildman–Crippen LogP) is 4.04. The number of H-pyrrole nitrogens is 1. The third kappa shape index (κ3) is 2.78. The van der Waals surface area contributed by atoms with Crippen LogP contribution in [0.25, 0.3) is 21.8 Å². The van der Waals surface area contributed by atoms with E-state index in [1.807, 2.05) is 42.5 Å². The topological polar surface area (TPSA) is 59.2 Å². The van der Waals surface area contributed by atoms with Crippen molar-refractivity contribution >= 4 is 27.8 Å². The molecular weight excluding hydrogens is 314 g/mol. The molecule has 122 valence electrons. The van der Waals surface area contributed by atoms with E-state index in [4.69, 9.17) is 4.74 Å². The standard InChI is InChI=1S/C21H15NO3/c23-20-15-9-4-5-11-17(15)22-18-12-6-10-16(19(18)20)21(24)25-13-14-7-2-1-3-8-14/h1-12H,13H2,(H,22,23). The fourth-order valence-electron chi connectivity index (χ4n) is 2.94. The lowest BCUT2D eigenvalue weighted by atomic mass is 10.0. The second-order valence-electron chi connectivity index (χ2n) is 5.79. The minimum atomic E-state index is -0.504. The fourth-order valence-corrected chi connectivity index (χ4v) is 2.94. The first-order valence-electron chi connectivity index (χ1n) is 7.99. The molecule has 25 heavy (non-hydrogen) atoms. The Morgan fingerprint density at radius 1 is 0.840 bits per heavy atom. The van der Waals surface area contributed by atoms with Gasteiger partial charge in [0.15, 0.2) is 5.43 Å². The Kier molecular flexibility index (Phi) is 3.78. The van der Waals surface area contributed by atoms with E-state index in [0.29, 0.717) is 16.3 Å². The zero-order valence-corrected chi connectivity index (χ0v) is 13.4. The van der Waals surface area contributed by atoms with Crippen LogP contribution < -0.4 is 5.43 Å². The summed E-state index contributed by atoms with van der Waals surface area (Å²) < 4.78 is 5.40. The fraction of sp³-hybridized carbons (Fsp3) is 0.0476. The van der Waals surface area contributed by atoms with Gasteiger partial charge < -0.3 is 9.72 Å². The van der Waals surface area contributed by atoms with Crippen molar-refractivity contribution < 1.29 is 9.53 Å². The molecule has 0 aliphatic carbocycles. The molecule has 1 heterocycles. The van der Waals surface area contributed by atoms with E-state index >= 15 is 0 Å². The Bertz CT molecular complexity index is 1130. The van der Waals surface area contributed by atoms with Crippen LogP contribution >= 0.6 is 0 Å². The van der Waals surface area contributed by atoms with Crippen molar-refractivity contribution in [2.24, 2.45) is 0 Å². The molecule has 0 aliphatic rings. The van der Waals surface area contributed by atoms with E-state index in [9.17, 15) is 9.59 Å². The number of para-hydroxylation sites is 1. The highest BCUT2D eigenvalue weighted by atomic mass is 16.5. The second-order valence-corrected chi connectivity index (χ2v) is 5.79. The predicted molar refractivity (Wildman–Crippen MR) is 97.6 cm³/mol. The van der Waals surface area contributed by atoms with Gasteiger partial charge in [-0.3, -0.25) is 4.79 Å². The molecule has 0 saturated heterocycles. The number of benzene rings is 3. The Labute approximate surface area is 143 Å². The SMILES string of the molecule is O=C(OCc1ccccc1)c1cccc2[nH]c3ccccc3c(=O)c12. The first-order chi connectivity index (χ1) is 12.2. The molecule has 0 amide bonds. The maximum atomic E-state index is 12.9. The zero-order chi connectivity index (χ0) is 17.2. The number of aromatic amines is 1. The van der Waals surface area contributed by atoms with Crippen molar-refractivity contribution in [1.29, 1.82) is 0 Å². The van der Waals surface area contributed by atoms with Gasteiger partial charge in [0.25, 0.3) is 0 Å². The van der Waals surface area contributed by atoms with E-state index in [1.54, 1.807) is 30.3 Å². The van der Waals surface area contributed by atoms with Gasteiger partial charge in [0.05, 0.1) is 16.5 Å². The zero-order valence-electron chi connectivity index (χ0n) is 13.4. The molecule has 3 aromatic carbocycles. The molecule has 0 aliphatic heterocycles. The summed E-state index contributed by atoms with van der Waals surface area (Å²) in [6.07, 6.45) is 0. The van der Waals surface area contributed by atoms with Gasteiger partial charge in [-0.05, 0) is 29.8 Å². The normalized spacial score (nSPS) is 10.9. The molecule has 1 aromatic heterocycles. The number of rotatable bonds is 3. The molecule has 0 radical (unpaired) electrons. The molecule has 4 nitrogen and oxygen atoms in total. The third-order valence-electron chi connectivity index (χ3n) is 4.17. The van der Waals surface area contributed by atoms with Crippen molar-refractivity contribution in [2.45, 2.75) is 6.61 Å². The third-order valence-corrected chi connectivity index (χ3v) is 4.17. The average molecular weight is 329 g/mol. The van der Waals surface area contributed by atoms with Crippen LogP contribution in [0.5, 0.6) is 0 Å². The number of nitrogens with one attached hydrogen (secondary N) is 1. The van der Waals surface area contributed by atoms with Crippen molar-refractivity contribution in [2.75, 3.05) is 0 Å². The summed E-state index contributed by atoms with van der Waals surface area (Å²) in [7, 11) is 0. The minimum absolute atomic E-state index is 0.168. The van der Waals surface area contributed by atoms with Crippen LogP contribution in [0.4, 0.5) is 0 Å². The van der Waals surface area contributed by atoms with E-state index < -0.39 is 5.97 Å². The van der Waals surface area contributed by atoms with Gasteiger partial charge in [0.1, 0.15) is 6.61 Å². The van der Waals surface area contributed by atoms with Gasteiger partial charge in [0.2, 0.25) is 0 Å². The maximum absolute atomic E-state index is 12.9. The minimum Gasteiger partial charge on any atom is -0.457 e. The van der Waals surface area contributed by atoms with Crippen molar-refractivity contribution in [3.63, 3.8) is 0 Å². The van der Waals surface area contributed by atoms with E-state index in [0.717, 1.165) is 11.1 Å². The first kappa shape index (κ1) is 15.1. The van der Waals surface area contributed by atoms with Gasteiger partial charge in [-0.1, -0.05) is 48.5 Å². The van der Waals surface area contributed by atoms with Crippen molar-refractivity contribution in [3.8, 4) is 0 Å². The Morgan fingerprint density at radius 3 is 2.40 bits per heavy atom. The highest BCUT2D eigenvalue weighted by molar-refractivity contribution is 6.06. The molecule has 0 bridgehead atoms. The molecule has 0 atom stereocenters. The van der Waals surface area contributed by atoms with Crippen molar-refractivity contribution in [1.82, 2.24) is 4.98 Å². The van der Waals surface area contributed by atoms with Gasteiger partial charge in [-0.2, -0.15) is 0 Å². The molecular formula is C21H15NO3. The Balaban J connectivity index is 1.78. The number of carbonyl (C=O) groups excluding carboxylic acids is 1. The van der Waals surface area contributed by atoms with Crippen LogP contribution in [0.15, 0.2) is 77.6 Å². The summed E-state index contributed by atoms with van der Waals surface area (Å²) in [5, 5.41) is 0.914. The second kappa shape index (κ2) is 6.24. The summed E-state index contributed by atoms with van der Waals surface area (Å²) in [6, 6.07) is 21.9. The number of aromatic nitrogens is 1. The van der Waals surface area contributed by atoms with Gasteiger partial charge in [-0.25, -0.2) is 4.79 Å². The van der Waals surface area contributed by atoms with Crippen LogP contribution in [0.1, 0.15) is 15.9 Å². The number of ether oxygens (including phenoxy) is 1. The first-order valence-corrected chi connectivity index (χ1v) is 7.99. The number of carbonyl (C=O) groups is 1. The molecule has 4 heteroatoms. The number of pyridine rings is 1. The summed E-state index contributed by atoms with van der Waals surface area (Å²) in [5.41, 5.74) is 2.38. The lowest BCUT2D eigenvalue weighted by molar-refractivity contribution is 0.0475. The highest BCUT2D eigenvalue weighted by Crippen LogP contribution is 2.19. The van der Waals surface area contributed by atoms with Crippen LogP contribution in [0, 0.1) is 0 Å². The lowest BCUT2D eigenvalue weighted by Gasteiger charge is -2.08. The van der Waals surface area contributed by atoms with Gasteiger partial charge in [-0.15, -0.1) is 0 Å². The number of fused-ring (bicyclic) bond motifs is 2. The summed E-state index contributed by atoms with van der Waals surface area (Å²) in [4.78, 5) is 28.6. The molecule has 4 rings (SSSR count). The lowest BCUT2D eigenvalue weighted by Crippen LogP contribution is -2.12. The quantitative estimate of drug-likeness (QED) is 0.456. The monoisotopic (exact) mass is 329 g/mol. The van der Waals surface area contributed by atoms with E-state index in [-0.39, 0.29) is 17.6 Å². The van der Waals surface area contributed by atoms with E-state index in [2.05, 4.69) is 4.98 Å². The van der Waals surface area contributed by atoms with Gasteiger partial charge >= 0.3 is 5.97 Å². The molecule has 0 fully saturated rings. The van der Waals surface area contributed by atoms with Crippen LogP contribution in [0.3, 0.4) is 0 Å². The van der Waals surface area contributed by atoms with Crippen LogP contribution in [-0.4, -0.2) is 11.0 Å². The Morgan fingerprint density at radius 2 is 1.56 bits per heavy atom. The van der Waals surface area contributed by atoms with Crippen molar-refractivity contribution in [3.05, 3.63) is 94.1 Å². The van der Waals surface area contributed by atoms with Crippen LogP contribution in [0.2, 0.25) is 0 Å². The number of hydrogen-bond donors (Lipinski definition) is 1.